The highest BCUT2D eigenvalue weighted by atomic mass is 16.4. The molecule has 2 unspecified atom stereocenters. The number of likely N-dealkylation sites (N-methyl/N-ethyl adjacent to an activating group) is 1. The van der Waals surface area contributed by atoms with E-state index in [1.54, 1.807) is 6.20 Å². The number of terminal acetylenes is 1. The summed E-state index contributed by atoms with van der Waals surface area (Å²) >= 11 is 0. The van der Waals surface area contributed by atoms with Gasteiger partial charge in [0.25, 0.3) is 0 Å². The molecule has 1 aliphatic heterocycles. The lowest BCUT2D eigenvalue weighted by atomic mass is 9.83. The van der Waals surface area contributed by atoms with E-state index >= 15 is 0 Å². The third kappa shape index (κ3) is 7.24. The smallest absolute Gasteiger partial charge is 0.341 e. The standard InChI is InChI=1S/C26H36N2O3.C2H6.C2H2/c1-7-17(2)11-12-18-9-8-10-19(13-18)24-21-14-22(29)20(25(30)31)15-28(21)23(16-27(24)6)26(3,4)5;2*1-2/h8-10,14-15,17,23H,7,11-13,16H2,1-6H3,(H,30,31);1-2H3;1-2H/b24-19-;;. The van der Waals surface area contributed by atoms with Crippen molar-refractivity contribution in [2.75, 3.05) is 13.6 Å². The van der Waals surface area contributed by atoms with Gasteiger partial charge in [-0.05, 0) is 36.2 Å². The van der Waals surface area contributed by atoms with Crippen LogP contribution in [0.25, 0.3) is 5.70 Å². The number of fused-ring (bicyclic) bond motifs is 1. The van der Waals surface area contributed by atoms with E-state index in [1.807, 2.05) is 18.4 Å². The number of allylic oxidation sites excluding steroid dienone is 5. The first-order chi connectivity index (χ1) is 16.5. The highest BCUT2D eigenvalue weighted by Gasteiger charge is 2.35. The van der Waals surface area contributed by atoms with Crippen LogP contribution < -0.4 is 5.43 Å². The zero-order valence-electron chi connectivity index (χ0n) is 22.9. The molecule has 5 heteroatoms. The first-order valence-electron chi connectivity index (χ1n) is 12.7. The van der Waals surface area contributed by atoms with Crippen LogP contribution in [0, 0.1) is 24.2 Å². The minimum atomic E-state index is -1.17. The first-order valence-corrected chi connectivity index (χ1v) is 12.7. The van der Waals surface area contributed by atoms with Crippen molar-refractivity contribution in [1.82, 2.24) is 9.47 Å². The van der Waals surface area contributed by atoms with Gasteiger partial charge >= 0.3 is 5.97 Å². The van der Waals surface area contributed by atoms with Gasteiger partial charge in [-0.3, -0.25) is 4.79 Å². The molecule has 192 valence electrons. The number of aromatic carboxylic acids is 1. The molecule has 0 bridgehead atoms. The highest BCUT2D eigenvalue weighted by molar-refractivity contribution is 5.87. The Bertz CT molecular complexity index is 1050. The van der Waals surface area contributed by atoms with Crippen molar-refractivity contribution < 1.29 is 9.90 Å². The van der Waals surface area contributed by atoms with Crippen LogP contribution in [0.3, 0.4) is 0 Å². The van der Waals surface area contributed by atoms with Crippen LogP contribution in [-0.4, -0.2) is 34.1 Å². The summed E-state index contributed by atoms with van der Waals surface area (Å²) in [4.78, 5) is 26.5. The number of rotatable bonds is 5. The minimum absolute atomic E-state index is 0.0588. The number of carboxylic acid groups (broad SMARTS) is 1. The van der Waals surface area contributed by atoms with Crippen LogP contribution in [0.4, 0.5) is 0 Å². The van der Waals surface area contributed by atoms with Crippen LogP contribution >= 0.6 is 0 Å². The molecule has 0 radical (unpaired) electrons. The second kappa shape index (κ2) is 13.2. The van der Waals surface area contributed by atoms with E-state index in [0.29, 0.717) is 5.92 Å². The molecule has 2 atom stereocenters. The summed E-state index contributed by atoms with van der Waals surface area (Å²) in [5.74, 6) is -0.463. The fraction of sp³-hybridized carbons (Fsp3) is 0.533. The average molecular weight is 481 g/mol. The summed E-state index contributed by atoms with van der Waals surface area (Å²) in [5.41, 5.74) is 3.74. The molecule has 0 saturated carbocycles. The lowest BCUT2D eigenvalue weighted by Gasteiger charge is -2.44. The molecule has 0 aromatic carbocycles. The summed E-state index contributed by atoms with van der Waals surface area (Å²) < 4.78 is 2.03. The van der Waals surface area contributed by atoms with Gasteiger partial charge in [0.15, 0.2) is 5.43 Å². The van der Waals surface area contributed by atoms with Gasteiger partial charge in [-0.15, -0.1) is 12.8 Å². The molecular weight excluding hydrogens is 436 g/mol. The number of aromatic nitrogens is 1. The van der Waals surface area contributed by atoms with Crippen molar-refractivity contribution in [2.45, 2.75) is 80.2 Å². The van der Waals surface area contributed by atoms with Gasteiger partial charge < -0.3 is 14.6 Å². The quantitative estimate of drug-likeness (QED) is 0.472. The summed E-state index contributed by atoms with van der Waals surface area (Å²) in [6, 6.07) is 1.58. The molecule has 2 heterocycles. The lowest BCUT2D eigenvalue weighted by molar-refractivity contribution is 0.0693. The number of pyridine rings is 1. The van der Waals surface area contributed by atoms with Gasteiger partial charge in [0.05, 0.1) is 17.4 Å². The number of carboxylic acids is 1. The summed E-state index contributed by atoms with van der Waals surface area (Å²) in [6.45, 7) is 15.8. The number of nitrogens with zero attached hydrogens (tertiary/aromatic N) is 2. The van der Waals surface area contributed by atoms with E-state index < -0.39 is 11.4 Å². The SMILES string of the molecule is C#C.CC.CCC(C)CCC1=CC=C/C(=C2\c3cc(=O)c(C(=O)O)cn3C(C(C)(C)C)CN2C)C1. The van der Waals surface area contributed by atoms with Crippen molar-refractivity contribution in [3.63, 3.8) is 0 Å². The molecular formula is C30H44N2O3. The van der Waals surface area contributed by atoms with Gasteiger partial charge in [-0.25, -0.2) is 4.79 Å². The van der Waals surface area contributed by atoms with E-state index in [1.165, 1.54) is 30.1 Å². The first kappa shape index (κ1) is 30.0. The molecule has 1 aromatic rings. The van der Waals surface area contributed by atoms with Crippen LogP contribution in [-0.2, 0) is 0 Å². The summed E-state index contributed by atoms with van der Waals surface area (Å²) in [6.07, 6.45) is 20.3. The highest BCUT2D eigenvalue weighted by Crippen LogP contribution is 2.41. The molecule has 3 rings (SSSR count). The maximum absolute atomic E-state index is 12.6. The third-order valence-corrected chi connectivity index (χ3v) is 6.72. The van der Waals surface area contributed by atoms with Gasteiger partial charge in [0.1, 0.15) is 5.56 Å². The van der Waals surface area contributed by atoms with Crippen molar-refractivity contribution in [2.24, 2.45) is 11.3 Å². The number of carbonyl (C=O) groups is 1. The van der Waals surface area contributed by atoms with Crippen molar-refractivity contribution in [3.8, 4) is 12.8 Å². The molecule has 0 amide bonds. The molecule has 2 aliphatic rings. The Morgan fingerprint density at radius 1 is 1.26 bits per heavy atom. The largest absolute Gasteiger partial charge is 0.477 e. The maximum atomic E-state index is 12.6. The Hall–Kier alpha value is -3.00. The van der Waals surface area contributed by atoms with Gasteiger partial charge in [0.2, 0.25) is 0 Å². The zero-order chi connectivity index (χ0) is 26.9. The molecule has 1 aromatic heterocycles. The Kier molecular flexibility index (Phi) is 11.3. The van der Waals surface area contributed by atoms with Crippen LogP contribution in [0.15, 0.2) is 46.4 Å². The predicted molar refractivity (Wildman–Crippen MR) is 147 cm³/mol. The maximum Gasteiger partial charge on any atom is 0.341 e. The molecule has 5 nitrogen and oxygen atoms in total. The molecule has 0 saturated heterocycles. The molecule has 0 spiro atoms. The van der Waals surface area contributed by atoms with Crippen LogP contribution in [0.5, 0.6) is 0 Å². The Morgan fingerprint density at radius 3 is 2.43 bits per heavy atom. The van der Waals surface area contributed by atoms with Gasteiger partial charge in [-0.1, -0.05) is 78.7 Å². The zero-order valence-corrected chi connectivity index (χ0v) is 22.9. The summed E-state index contributed by atoms with van der Waals surface area (Å²) in [5, 5.41) is 9.53. The predicted octanol–water partition coefficient (Wildman–Crippen LogP) is 6.78. The topological polar surface area (TPSA) is 62.5 Å². The van der Waals surface area contributed by atoms with E-state index in [2.05, 4.69) is 77.6 Å². The van der Waals surface area contributed by atoms with Crippen molar-refractivity contribution in [3.05, 3.63) is 63.1 Å². The number of hydrogen-bond donors (Lipinski definition) is 1. The van der Waals surface area contributed by atoms with Crippen LogP contribution in [0.1, 0.15) is 96.2 Å². The van der Waals surface area contributed by atoms with E-state index in [9.17, 15) is 14.7 Å². The van der Waals surface area contributed by atoms with Gasteiger partial charge in [-0.2, -0.15) is 0 Å². The lowest BCUT2D eigenvalue weighted by Crippen LogP contribution is -2.42. The van der Waals surface area contributed by atoms with E-state index in [-0.39, 0.29) is 17.0 Å². The van der Waals surface area contributed by atoms with E-state index in [4.69, 9.17) is 0 Å². The number of hydrogen-bond acceptors (Lipinski definition) is 3. The normalized spacial score (nSPS) is 19.9. The van der Waals surface area contributed by atoms with Gasteiger partial charge in [0, 0.05) is 25.9 Å². The molecule has 35 heavy (non-hydrogen) atoms. The average Bonchev–Trinajstić information content (AvgIpc) is 2.83. The molecule has 0 fully saturated rings. The monoisotopic (exact) mass is 480 g/mol. The van der Waals surface area contributed by atoms with Crippen molar-refractivity contribution in [1.29, 1.82) is 0 Å². The minimum Gasteiger partial charge on any atom is -0.477 e. The summed E-state index contributed by atoms with van der Waals surface area (Å²) in [7, 11) is 2.07. The fourth-order valence-corrected chi connectivity index (χ4v) is 4.53. The Balaban J connectivity index is 0.00000145. The Labute approximate surface area is 212 Å². The second-order valence-electron chi connectivity index (χ2n) is 10.2. The molecule has 1 aliphatic carbocycles. The third-order valence-electron chi connectivity index (χ3n) is 6.72. The second-order valence-corrected chi connectivity index (χ2v) is 10.2. The Morgan fingerprint density at radius 2 is 1.89 bits per heavy atom. The van der Waals surface area contributed by atoms with E-state index in [0.717, 1.165) is 30.8 Å². The van der Waals surface area contributed by atoms with Crippen molar-refractivity contribution >= 4 is 11.7 Å². The molecule has 1 N–H and O–H groups in total. The van der Waals surface area contributed by atoms with Crippen LogP contribution in [0.2, 0.25) is 0 Å². The fourth-order valence-electron chi connectivity index (χ4n) is 4.53.